The van der Waals surface area contributed by atoms with Crippen LogP contribution in [0.1, 0.15) is 30.4 Å². The lowest BCUT2D eigenvalue weighted by molar-refractivity contribution is -0.137. The van der Waals surface area contributed by atoms with Crippen molar-refractivity contribution in [2.45, 2.75) is 44.4 Å². The van der Waals surface area contributed by atoms with Gasteiger partial charge in [-0.3, -0.25) is 0 Å². The first-order valence-electron chi connectivity index (χ1n) is 5.94. The summed E-state index contributed by atoms with van der Waals surface area (Å²) in [5, 5.41) is 3.13. The number of aromatic nitrogens is 1. The van der Waals surface area contributed by atoms with Crippen LogP contribution in [-0.2, 0) is 6.18 Å². The van der Waals surface area contributed by atoms with E-state index in [0.717, 1.165) is 31.5 Å². The molecule has 7 heteroatoms. The number of rotatable bonds is 2. The van der Waals surface area contributed by atoms with Crippen molar-refractivity contribution in [2.24, 2.45) is 5.73 Å². The van der Waals surface area contributed by atoms with Gasteiger partial charge in [-0.1, -0.05) is 0 Å². The van der Waals surface area contributed by atoms with Crippen molar-refractivity contribution in [1.82, 2.24) is 4.98 Å². The fraction of sp³-hybridized carbons (Fsp3) is 0.583. The molecule has 0 unspecified atom stereocenters. The van der Waals surface area contributed by atoms with E-state index in [0.29, 0.717) is 11.4 Å². The van der Waals surface area contributed by atoms with E-state index in [1.165, 1.54) is 0 Å². The van der Waals surface area contributed by atoms with Crippen molar-refractivity contribution in [3.05, 3.63) is 23.4 Å². The molecule has 1 aromatic heterocycles. The number of nitrogens with two attached hydrogens (primary N) is 1. The fourth-order valence-electron chi connectivity index (χ4n) is 2.22. The minimum Gasteiger partial charge on any atom is -0.366 e. The number of aryl methyl sites for hydroxylation is 1. The van der Waals surface area contributed by atoms with Gasteiger partial charge >= 0.3 is 6.18 Å². The van der Waals surface area contributed by atoms with Gasteiger partial charge in [0.15, 0.2) is 0 Å². The highest BCUT2D eigenvalue weighted by Crippen LogP contribution is 2.31. The highest BCUT2D eigenvalue weighted by Gasteiger charge is 2.31. The molecule has 0 radical (unpaired) electrons. The minimum atomic E-state index is -4.35. The third-order valence-electron chi connectivity index (χ3n) is 3.30. The van der Waals surface area contributed by atoms with Gasteiger partial charge in [-0.2, -0.15) is 13.2 Å². The molecule has 1 fully saturated rings. The molecule has 1 saturated carbocycles. The first-order valence-corrected chi connectivity index (χ1v) is 5.94. The molecule has 0 spiro atoms. The molecule has 0 amide bonds. The van der Waals surface area contributed by atoms with Gasteiger partial charge in [0, 0.05) is 18.3 Å². The Bertz CT molecular complexity index is 437. The van der Waals surface area contributed by atoms with Gasteiger partial charge < -0.3 is 11.1 Å². The van der Waals surface area contributed by atoms with Crippen LogP contribution in [0, 0.1) is 6.92 Å². The Morgan fingerprint density at radius 3 is 2.53 bits per heavy atom. The molecule has 1 aromatic rings. The Morgan fingerprint density at radius 2 is 2.05 bits per heavy atom. The van der Waals surface area contributed by atoms with Gasteiger partial charge in [-0.15, -0.1) is 12.4 Å². The quantitative estimate of drug-likeness (QED) is 0.881. The molecule has 3 nitrogen and oxygen atoms in total. The Morgan fingerprint density at radius 1 is 1.37 bits per heavy atom. The maximum Gasteiger partial charge on any atom is 0.417 e. The molecule has 19 heavy (non-hydrogen) atoms. The number of halogens is 4. The van der Waals surface area contributed by atoms with E-state index in [9.17, 15) is 13.2 Å². The lowest BCUT2D eigenvalue weighted by atomic mass is 10.1. The molecule has 0 aromatic carbocycles. The summed E-state index contributed by atoms with van der Waals surface area (Å²) in [6, 6.07) is 1.26. The van der Waals surface area contributed by atoms with E-state index in [-0.39, 0.29) is 24.5 Å². The molecule has 0 bridgehead atoms. The van der Waals surface area contributed by atoms with E-state index in [4.69, 9.17) is 5.73 Å². The third kappa shape index (κ3) is 3.73. The van der Waals surface area contributed by atoms with Crippen LogP contribution in [0.2, 0.25) is 0 Å². The van der Waals surface area contributed by atoms with Crippen LogP contribution in [-0.4, -0.2) is 17.1 Å². The van der Waals surface area contributed by atoms with Crippen LogP contribution in [0.4, 0.5) is 19.0 Å². The van der Waals surface area contributed by atoms with E-state index < -0.39 is 11.7 Å². The highest BCUT2D eigenvalue weighted by atomic mass is 35.5. The second kappa shape index (κ2) is 5.96. The minimum absolute atomic E-state index is 0. The zero-order chi connectivity index (χ0) is 13.3. The molecule has 108 valence electrons. The lowest BCUT2D eigenvalue weighted by Gasteiger charge is -2.19. The Kier molecular flexibility index (Phi) is 5.04. The number of nitrogens with one attached hydrogen (secondary N) is 1. The van der Waals surface area contributed by atoms with Gasteiger partial charge in [-0.05, 0) is 37.8 Å². The molecule has 0 saturated heterocycles. The van der Waals surface area contributed by atoms with Crippen LogP contribution in [0.25, 0.3) is 0 Å². The number of pyridine rings is 1. The largest absolute Gasteiger partial charge is 0.417 e. The summed E-state index contributed by atoms with van der Waals surface area (Å²) in [5.74, 6) is 0.491. The molecule has 2 atom stereocenters. The van der Waals surface area contributed by atoms with E-state index >= 15 is 0 Å². The van der Waals surface area contributed by atoms with E-state index in [1.807, 2.05) is 0 Å². The zero-order valence-corrected chi connectivity index (χ0v) is 11.3. The summed E-state index contributed by atoms with van der Waals surface area (Å²) in [4.78, 5) is 3.86. The predicted molar refractivity (Wildman–Crippen MR) is 70.5 cm³/mol. The summed E-state index contributed by atoms with van der Waals surface area (Å²) < 4.78 is 37.5. The van der Waals surface area contributed by atoms with Crippen molar-refractivity contribution in [2.75, 3.05) is 5.32 Å². The smallest absolute Gasteiger partial charge is 0.366 e. The average molecular weight is 296 g/mol. The Labute approximate surface area is 116 Å². The van der Waals surface area contributed by atoms with Crippen molar-refractivity contribution in [3.8, 4) is 0 Å². The van der Waals surface area contributed by atoms with Gasteiger partial charge in [0.1, 0.15) is 5.82 Å². The second-order valence-electron chi connectivity index (χ2n) is 4.73. The molecule has 2 rings (SSSR count). The fourth-order valence-corrected chi connectivity index (χ4v) is 2.22. The van der Waals surface area contributed by atoms with Crippen molar-refractivity contribution in [1.29, 1.82) is 0 Å². The van der Waals surface area contributed by atoms with Gasteiger partial charge in [-0.25, -0.2) is 4.98 Å². The summed E-state index contributed by atoms with van der Waals surface area (Å²) in [5.41, 5.74) is 5.67. The summed E-state index contributed by atoms with van der Waals surface area (Å²) in [7, 11) is 0. The van der Waals surface area contributed by atoms with Crippen LogP contribution in [0.5, 0.6) is 0 Å². The monoisotopic (exact) mass is 295 g/mol. The topological polar surface area (TPSA) is 50.9 Å². The van der Waals surface area contributed by atoms with Crippen molar-refractivity contribution >= 4 is 18.2 Å². The highest BCUT2D eigenvalue weighted by molar-refractivity contribution is 5.85. The van der Waals surface area contributed by atoms with E-state index in [1.54, 1.807) is 6.92 Å². The Balaban J connectivity index is 0.00000180. The van der Waals surface area contributed by atoms with Crippen LogP contribution < -0.4 is 11.1 Å². The predicted octanol–water partition coefficient (Wildman–Crippen LogP) is 3.12. The first kappa shape index (κ1) is 16.0. The first-order chi connectivity index (χ1) is 8.38. The van der Waals surface area contributed by atoms with E-state index in [2.05, 4.69) is 10.3 Å². The molecule has 1 aliphatic rings. The van der Waals surface area contributed by atoms with Crippen molar-refractivity contribution in [3.63, 3.8) is 0 Å². The zero-order valence-electron chi connectivity index (χ0n) is 10.5. The third-order valence-corrected chi connectivity index (χ3v) is 3.30. The normalized spacial score (nSPS) is 23.0. The number of hydrogen-bond acceptors (Lipinski definition) is 3. The molecular weight excluding hydrogens is 279 g/mol. The molecule has 0 aliphatic heterocycles. The number of alkyl halides is 3. The number of nitrogens with zero attached hydrogens (tertiary/aromatic N) is 1. The van der Waals surface area contributed by atoms with Crippen LogP contribution in [0.15, 0.2) is 12.3 Å². The standard InChI is InChI=1S/C12H16F3N3.ClH/c1-7-5-8(12(13,14)15)6-17-11(7)18-10-4-2-3-9(10)16;/h5-6,9-10H,2-4,16H2,1H3,(H,17,18);1H/t9-,10-;/m0./s1. The SMILES string of the molecule is Cc1cc(C(F)(F)F)cnc1N[C@H]1CCC[C@@H]1N.Cl. The van der Waals surface area contributed by atoms with Crippen LogP contribution in [0.3, 0.4) is 0 Å². The Hall–Kier alpha value is -1.01. The maximum atomic E-state index is 12.5. The van der Waals surface area contributed by atoms with Gasteiger partial charge in [0.2, 0.25) is 0 Å². The van der Waals surface area contributed by atoms with Crippen LogP contribution >= 0.6 is 12.4 Å². The molecule has 3 N–H and O–H groups in total. The van der Waals surface area contributed by atoms with Gasteiger partial charge in [0.05, 0.1) is 5.56 Å². The molecule has 1 heterocycles. The molecular formula is C12H17ClF3N3. The second-order valence-corrected chi connectivity index (χ2v) is 4.73. The van der Waals surface area contributed by atoms with Gasteiger partial charge in [0.25, 0.3) is 0 Å². The summed E-state index contributed by atoms with van der Waals surface area (Å²) in [6.45, 7) is 1.62. The number of anilines is 1. The maximum absolute atomic E-state index is 12.5. The molecule has 1 aliphatic carbocycles. The summed E-state index contributed by atoms with van der Waals surface area (Å²) in [6.07, 6.45) is -0.574. The summed E-state index contributed by atoms with van der Waals surface area (Å²) >= 11 is 0. The van der Waals surface area contributed by atoms with Crippen molar-refractivity contribution < 1.29 is 13.2 Å². The number of hydrogen-bond donors (Lipinski definition) is 2. The lowest BCUT2D eigenvalue weighted by Crippen LogP contribution is -2.35. The average Bonchev–Trinajstić information content (AvgIpc) is 2.66.